The number of rotatable bonds is 41. The molecule has 0 N–H and O–H groups in total. The molecular weight excluding hydrogens is 661 g/mol. The fraction of sp³-hybridized carbons (Fsp3) is 0.936. The minimum Gasteiger partial charge on any atom is -0.462 e. The van der Waals surface area contributed by atoms with Crippen LogP contribution in [0.1, 0.15) is 253 Å². The largest absolute Gasteiger partial charge is 0.462 e. The fourth-order valence-corrected chi connectivity index (χ4v) is 6.86. The van der Waals surface area contributed by atoms with Crippen LogP contribution in [0.3, 0.4) is 0 Å². The first kappa shape index (κ1) is 51.4. The maximum absolute atomic E-state index is 12.7. The molecule has 0 radical (unpaired) electrons. The highest BCUT2D eigenvalue weighted by Crippen LogP contribution is 2.17. The Kier molecular flexibility index (Phi) is 38.9. The van der Waals surface area contributed by atoms with Gasteiger partial charge in [-0.2, -0.15) is 0 Å². The first-order valence-electron chi connectivity index (χ1n) is 23.3. The summed E-state index contributed by atoms with van der Waals surface area (Å²) in [5, 5.41) is 0. The molecule has 0 spiro atoms. The molecule has 53 heavy (non-hydrogen) atoms. The fourth-order valence-electron chi connectivity index (χ4n) is 6.86. The summed E-state index contributed by atoms with van der Waals surface area (Å²) >= 11 is 0. The summed E-state index contributed by atoms with van der Waals surface area (Å²) < 4.78 is 16.7. The number of carbonyl (C=O) groups excluding carboxylic acids is 3. The SMILES string of the molecule is CCCCCCCCCCCC(=O)O[C@@H](COC(=O)CCCCCCCCCCCCC(C)CC)COC(=O)CCCCCCCCCCC(C)CC. The summed E-state index contributed by atoms with van der Waals surface area (Å²) in [7, 11) is 0. The van der Waals surface area contributed by atoms with Gasteiger partial charge in [-0.25, -0.2) is 0 Å². The number of esters is 3. The number of hydrogen-bond acceptors (Lipinski definition) is 6. The lowest BCUT2D eigenvalue weighted by molar-refractivity contribution is -0.167. The molecule has 0 aromatic carbocycles. The van der Waals surface area contributed by atoms with Crippen molar-refractivity contribution in [3.8, 4) is 0 Å². The van der Waals surface area contributed by atoms with Gasteiger partial charge in [0.15, 0.2) is 6.10 Å². The Balaban J connectivity index is 4.31. The topological polar surface area (TPSA) is 78.9 Å². The second-order valence-electron chi connectivity index (χ2n) is 16.5. The van der Waals surface area contributed by atoms with Crippen molar-refractivity contribution < 1.29 is 28.6 Å². The molecule has 0 fully saturated rings. The Morgan fingerprint density at radius 1 is 0.377 bits per heavy atom. The van der Waals surface area contributed by atoms with E-state index in [-0.39, 0.29) is 31.1 Å². The smallest absolute Gasteiger partial charge is 0.306 e. The first-order chi connectivity index (χ1) is 25.8. The molecule has 6 nitrogen and oxygen atoms in total. The van der Waals surface area contributed by atoms with Gasteiger partial charge in [-0.1, -0.05) is 214 Å². The molecule has 0 aliphatic rings. The Labute approximate surface area is 329 Å². The van der Waals surface area contributed by atoms with E-state index in [1.165, 1.54) is 141 Å². The van der Waals surface area contributed by atoms with Crippen LogP contribution in [-0.4, -0.2) is 37.2 Å². The average molecular weight is 751 g/mol. The molecule has 0 heterocycles. The van der Waals surface area contributed by atoms with Crippen molar-refractivity contribution >= 4 is 17.9 Å². The predicted molar refractivity (Wildman–Crippen MR) is 224 cm³/mol. The third-order valence-electron chi connectivity index (χ3n) is 11.2. The number of hydrogen-bond donors (Lipinski definition) is 0. The van der Waals surface area contributed by atoms with Crippen LogP contribution < -0.4 is 0 Å². The highest BCUT2D eigenvalue weighted by atomic mass is 16.6. The zero-order chi connectivity index (χ0) is 39.0. The molecule has 0 saturated heterocycles. The highest BCUT2D eigenvalue weighted by Gasteiger charge is 2.19. The second-order valence-corrected chi connectivity index (χ2v) is 16.5. The van der Waals surface area contributed by atoms with Gasteiger partial charge in [0.1, 0.15) is 13.2 Å². The Morgan fingerprint density at radius 2 is 0.660 bits per heavy atom. The number of unbranched alkanes of at least 4 members (excludes halogenated alkanes) is 24. The molecule has 0 amide bonds. The van der Waals surface area contributed by atoms with E-state index in [1.807, 2.05) is 0 Å². The number of carbonyl (C=O) groups is 3. The first-order valence-corrected chi connectivity index (χ1v) is 23.3. The molecule has 0 aromatic heterocycles. The summed E-state index contributed by atoms with van der Waals surface area (Å²) in [4.78, 5) is 37.7. The van der Waals surface area contributed by atoms with Crippen molar-refractivity contribution in [1.29, 1.82) is 0 Å². The van der Waals surface area contributed by atoms with E-state index in [9.17, 15) is 14.4 Å². The van der Waals surface area contributed by atoms with Gasteiger partial charge < -0.3 is 14.2 Å². The lowest BCUT2D eigenvalue weighted by Gasteiger charge is -2.18. The van der Waals surface area contributed by atoms with Crippen LogP contribution in [0.25, 0.3) is 0 Å². The predicted octanol–water partition coefficient (Wildman–Crippen LogP) is 14.6. The van der Waals surface area contributed by atoms with Crippen molar-refractivity contribution in [1.82, 2.24) is 0 Å². The Morgan fingerprint density at radius 3 is 0.981 bits per heavy atom. The molecule has 0 bridgehead atoms. The molecule has 0 aliphatic carbocycles. The van der Waals surface area contributed by atoms with Gasteiger partial charge in [0.25, 0.3) is 0 Å². The summed E-state index contributed by atoms with van der Waals surface area (Å²) in [5.74, 6) is 0.858. The lowest BCUT2D eigenvalue weighted by Crippen LogP contribution is -2.30. The van der Waals surface area contributed by atoms with Crippen LogP contribution in [0, 0.1) is 11.8 Å². The average Bonchev–Trinajstić information content (AvgIpc) is 3.15. The zero-order valence-corrected chi connectivity index (χ0v) is 36.1. The second kappa shape index (κ2) is 40.1. The normalized spacial score (nSPS) is 13.1. The van der Waals surface area contributed by atoms with Crippen LogP contribution >= 0.6 is 0 Å². The highest BCUT2D eigenvalue weighted by molar-refractivity contribution is 5.71. The van der Waals surface area contributed by atoms with Gasteiger partial charge in [0.05, 0.1) is 0 Å². The quantitative estimate of drug-likeness (QED) is 0.0352. The van der Waals surface area contributed by atoms with E-state index in [0.717, 1.165) is 69.6 Å². The molecule has 0 aromatic rings. The van der Waals surface area contributed by atoms with E-state index in [0.29, 0.717) is 19.3 Å². The van der Waals surface area contributed by atoms with Crippen molar-refractivity contribution in [3.05, 3.63) is 0 Å². The molecule has 2 unspecified atom stereocenters. The third-order valence-corrected chi connectivity index (χ3v) is 11.2. The summed E-state index contributed by atoms with van der Waals surface area (Å²) in [6.45, 7) is 11.4. The zero-order valence-electron chi connectivity index (χ0n) is 36.1. The van der Waals surface area contributed by atoms with E-state index < -0.39 is 6.10 Å². The monoisotopic (exact) mass is 751 g/mol. The molecule has 0 rings (SSSR count). The van der Waals surface area contributed by atoms with E-state index in [2.05, 4.69) is 34.6 Å². The maximum atomic E-state index is 12.7. The van der Waals surface area contributed by atoms with Crippen LogP contribution in [0.2, 0.25) is 0 Å². The molecule has 314 valence electrons. The van der Waals surface area contributed by atoms with Crippen LogP contribution in [0.4, 0.5) is 0 Å². The maximum Gasteiger partial charge on any atom is 0.306 e. The minimum absolute atomic E-state index is 0.0652. The van der Waals surface area contributed by atoms with Crippen molar-refractivity contribution in [2.24, 2.45) is 11.8 Å². The van der Waals surface area contributed by atoms with Gasteiger partial charge >= 0.3 is 17.9 Å². The number of ether oxygens (including phenoxy) is 3. The standard InChI is InChI=1S/C47H90O6/c1-6-9-10-11-12-15-24-29-34-39-47(50)53-44(41-52-46(49)38-33-28-23-19-18-21-26-31-36-43(5)8-3)40-51-45(48)37-32-27-22-17-14-13-16-20-25-30-35-42(4)7-2/h42-44H,6-41H2,1-5H3/t42?,43?,44-/m0/s1. The molecular formula is C47H90O6. The van der Waals surface area contributed by atoms with Gasteiger partial charge in [-0.3, -0.25) is 14.4 Å². The molecule has 6 heteroatoms. The van der Waals surface area contributed by atoms with E-state index in [1.54, 1.807) is 0 Å². The molecule has 0 aliphatic heterocycles. The van der Waals surface area contributed by atoms with Crippen molar-refractivity contribution in [2.75, 3.05) is 13.2 Å². The van der Waals surface area contributed by atoms with Crippen LogP contribution in [-0.2, 0) is 28.6 Å². The van der Waals surface area contributed by atoms with Crippen molar-refractivity contribution in [3.63, 3.8) is 0 Å². The Hall–Kier alpha value is -1.59. The van der Waals surface area contributed by atoms with Crippen molar-refractivity contribution in [2.45, 2.75) is 259 Å². The van der Waals surface area contributed by atoms with Gasteiger partial charge in [-0.05, 0) is 31.1 Å². The van der Waals surface area contributed by atoms with E-state index in [4.69, 9.17) is 14.2 Å². The molecule has 3 atom stereocenters. The van der Waals surface area contributed by atoms with Crippen LogP contribution in [0.15, 0.2) is 0 Å². The third kappa shape index (κ3) is 38.5. The molecule has 0 saturated carbocycles. The van der Waals surface area contributed by atoms with Gasteiger partial charge in [0.2, 0.25) is 0 Å². The summed E-state index contributed by atoms with van der Waals surface area (Å²) in [6, 6.07) is 0. The lowest BCUT2D eigenvalue weighted by atomic mass is 9.99. The van der Waals surface area contributed by atoms with Gasteiger partial charge in [0, 0.05) is 19.3 Å². The van der Waals surface area contributed by atoms with Gasteiger partial charge in [-0.15, -0.1) is 0 Å². The minimum atomic E-state index is -0.760. The summed E-state index contributed by atoms with van der Waals surface area (Å²) in [5.41, 5.74) is 0. The van der Waals surface area contributed by atoms with E-state index >= 15 is 0 Å². The summed E-state index contributed by atoms with van der Waals surface area (Å²) in [6.07, 6.45) is 37.9. The van der Waals surface area contributed by atoms with Crippen LogP contribution in [0.5, 0.6) is 0 Å². The Bertz CT molecular complexity index is 813.